The van der Waals surface area contributed by atoms with Crippen LogP contribution in [0.3, 0.4) is 0 Å². The van der Waals surface area contributed by atoms with Gasteiger partial charge in [0.05, 0.1) is 12.2 Å². The Morgan fingerprint density at radius 1 is 1.23 bits per heavy atom. The quantitative estimate of drug-likeness (QED) is 0.514. The number of benzene rings is 1. The molecule has 0 spiro atoms. The van der Waals surface area contributed by atoms with Crippen LogP contribution in [0.4, 0.5) is 13.2 Å². The lowest BCUT2D eigenvalue weighted by molar-refractivity contribution is -0.351. The minimum absolute atomic E-state index is 0.113. The summed E-state index contributed by atoms with van der Waals surface area (Å²) in [5.41, 5.74) is 0.547. The molecule has 2 aliphatic rings. The van der Waals surface area contributed by atoms with Crippen LogP contribution in [-0.2, 0) is 14.3 Å². The van der Waals surface area contributed by atoms with E-state index in [9.17, 15) is 27.9 Å². The zero-order valence-corrected chi connectivity index (χ0v) is 17.3. The molecule has 0 radical (unpaired) electrons. The fourth-order valence-corrected chi connectivity index (χ4v) is 3.76. The summed E-state index contributed by atoms with van der Waals surface area (Å²) in [6.07, 6.45) is -5.55. The summed E-state index contributed by atoms with van der Waals surface area (Å²) in [6, 6.07) is 4.53. The molecule has 0 unspecified atom stereocenters. The summed E-state index contributed by atoms with van der Waals surface area (Å²) < 4.78 is 45.7. The normalized spacial score (nSPS) is 25.1. The Kier molecular flexibility index (Phi) is 7.66. The third kappa shape index (κ3) is 6.98. The van der Waals surface area contributed by atoms with E-state index in [0.717, 1.165) is 0 Å². The predicted octanol–water partition coefficient (Wildman–Crippen LogP) is 2.99. The van der Waals surface area contributed by atoms with E-state index < -0.39 is 24.7 Å². The van der Waals surface area contributed by atoms with Gasteiger partial charge in [0.1, 0.15) is 5.75 Å². The van der Waals surface area contributed by atoms with E-state index >= 15 is 0 Å². The van der Waals surface area contributed by atoms with Crippen LogP contribution in [0.15, 0.2) is 18.2 Å². The number of rotatable bonds is 8. The van der Waals surface area contributed by atoms with E-state index in [0.29, 0.717) is 35.7 Å². The number of carbonyl (C=O) groups is 2. The number of amides is 2. The van der Waals surface area contributed by atoms with Crippen LogP contribution in [-0.4, -0.2) is 48.1 Å². The number of carbonyl (C=O) groups excluding carboxylic acids is 2. The van der Waals surface area contributed by atoms with Crippen molar-refractivity contribution < 1.29 is 37.3 Å². The van der Waals surface area contributed by atoms with Crippen LogP contribution >= 0.6 is 11.6 Å². The first kappa shape index (κ1) is 23.6. The zero-order valence-electron chi connectivity index (χ0n) is 16.6. The smallest absolute Gasteiger partial charge is 0.480 e. The molecule has 1 aromatic carbocycles. The van der Waals surface area contributed by atoms with Crippen molar-refractivity contribution in [3.63, 3.8) is 0 Å². The molecule has 172 valence electrons. The highest BCUT2D eigenvalue weighted by Gasteiger charge is 2.40. The van der Waals surface area contributed by atoms with Crippen molar-refractivity contribution >= 4 is 23.4 Å². The Morgan fingerprint density at radius 3 is 2.68 bits per heavy atom. The Balaban J connectivity index is 1.28. The van der Waals surface area contributed by atoms with Gasteiger partial charge < -0.3 is 20.5 Å². The number of aliphatic hydroxyl groups excluding tert-OH is 1. The summed E-state index contributed by atoms with van der Waals surface area (Å²) in [6.45, 7) is 0.334. The minimum atomic E-state index is -4.65. The second kappa shape index (κ2) is 10.1. The fraction of sp³-hybridized carbons (Fsp3) is 0.600. The molecule has 1 aliphatic carbocycles. The number of hydrogen-bond acceptors (Lipinski definition) is 5. The average molecular weight is 465 g/mol. The number of nitrogens with one attached hydrogen (secondary N) is 2. The molecule has 1 saturated carbocycles. The number of alkyl halides is 3. The minimum Gasteiger partial charge on any atom is -0.480 e. The Labute approximate surface area is 182 Å². The highest BCUT2D eigenvalue weighted by atomic mass is 35.5. The van der Waals surface area contributed by atoms with Crippen molar-refractivity contribution in [1.29, 1.82) is 0 Å². The molecule has 0 saturated heterocycles. The van der Waals surface area contributed by atoms with Crippen molar-refractivity contribution in [3.8, 4) is 5.75 Å². The van der Waals surface area contributed by atoms with Gasteiger partial charge >= 0.3 is 6.36 Å². The fourth-order valence-electron chi connectivity index (χ4n) is 3.58. The van der Waals surface area contributed by atoms with E-state index in [-0.39, 0.29) is 43.5 Å². The monoisotopic (exact) mass is 464 g/mol. The average Bonchev–Trinajstić information content (AvgIpc) is 2.65. The molecule has 2 amide bonds. The maximum atomic E-state index is 12.3. The van der Waals surface area contributed by atoms with Gasteiger partial charge in [-0.3, -0.25) is 14.3 Å². The molecule has 1 fully saturated rings. The molecule has 31 heavy (non-hydrogen) atoms. The van der Waals surface area contributed by atoms with E-state index in [1.807, 2.05) is 0 Å². The van der Waals surface area contributed by atoms with Crippen LogP contribution in [0, 0.1) is 0 Å². The highest BCUT2D eigenvalue weighted by Crippen LogP contribution is 2.36. The number of fused-ring (bicyclic) bond motifs is 1. The Morgan fingerprint density at radius 2 is 1.97 bits per heavy atom. The van der Waals surface area contributed by atoms with Gasteiger partial charge in [0.25, 0.3) is 5.91 Å². The van der Waals surface area contributed by atoms with Gasteiger partial charge in [-0.15, -0.1) is 13.2 Å². The third-order valence-electron chi connectivity index (χ3n) is 5.22. The van der Waals surface area contributed by atoms with E-state index in [4.69, 9.17) is 16.3 Å². The maximum absolute atomic E-state index is 12.3. The number of halogens is 4. The summed E-state index contributed by atoms with van der Waals surface area (Å²) >= 11 is 5.91. The zero-order chi connectivity index (χ0) is 22.6. The van der Waals surface area contributed by atoms with Crippen molar-refractivity contribution in [2.75, 3.05) is 6.54 Å². The second-order valence-corrected chi connectivity index (χ2v) is 8.15. The summed E-state index contributed by atoms with van der Waals surface area (Å²) in [5, 5.41) is 16.1. The van der Waals surface area contributed by atoms with Crippen LogP contribution in [0.5, 0.6) is 5.75 Å². The van der Waals surface area contributed by atoms with Crippen LogP contribution in [0.2, 0.25) is 5.02 Å². The lowest BCUT2D eigenvalue weighted by Gasteiger charge is -2.35. The SMILES string of the molecule is O=C(CCCCNC(=O)[C@H]1C[C@@H](O)c2cc(Cl)ccc2O1)NC1CC(OC(F)(F)F)C1. The van der Waals surface area contributed by atoms with Gasteiger partial charge in [-0.1, -0.05) is 11.6 Å². The molecule has 0 bridgehead atoms. The van der Waals surface area contributed by atoms with Crippen LogP contribution in [0.25, 0.3) is 0 Å². The molecule has 2 atom stereocenters. The van der Waals surface area contributed by atoms with E-state index in [2.05, 4.69) is 15.4 Å². The van der Waals surface area contributed by atoms with Gasteiger partial charge in [-0.25, -0.2) is 0 Å². The maximum Gasteiger partial charge on any atom is 0.522 e. The molecule has 1 heterocycles. The Bertz CT molecular complexity index is 802. The van der Waals surface area contributed by atoms with Gasteiger partial charge in [0, 0.05) is 36.0 Å². The molecule has 1 aromatic rings. The molecule has 0 aromatic heterocycles. The molecule has 1 aliphatic heterocycles. The number of unbranched alkanes of at least 4 members (excludes halogenated alkanes) is 1. The standard InChI is InChI=1S/C20H24ClF3N2O5/c21-11-4-5-16-14(7-11)15(27)10-17(30-16)19(29)25-6-2-1-3-18(28)26-12-8-13(9-12)31-20(22,23)24/h4-5,7,12-13,15,17,27H,1-3,6,8-10H2,(H,25,29)(H,26,28)/t12?,13?,15-,17-/m1/s1. The Hall–Kier alpha value is -2.04. The largest absolute Gasteiger partial charge is 0.522 e. The van der Waals surface area contributed by atoms with Gasteiger partial charge in [-0.2, -0.15) is 0 Å². The molecule has 11 heteroatoms. The molecule has 3 N–H and O–H groups in total. The number of hydrogen-bond donors (Lipinski definition) is 3. The molecule has 3 rings (SSSR count). The van der Waals surface area contributed by atoms with E-state index in [1.54, 1.807) is 18.2 Å². The van der Waals surface area contributed by atoms with E-state index in [1.165, 1.54) is 0 Å². The lowest BCUT2D eigenvalue weighted by Crippen LogP contribution is -2.49. The molecule has 7 nitrogen and oxygen atoms in total. The van der Waals surface area contributed by atoms with Gasteiger partial charge in [0.15, 0.2) is 6.10 Å². The topological polar surface area (TPSA) is 96.9 Å². The first-order chi connectivity index (χ1) is 14.6. The highest BCUT2D eigenvalue weighted by molar-refractivity contribution is 6.30. The summed E-state index contributed by atoms with van der Waals surface area (Å²) in [4.78, 5) is 24.1. The lowest BCUT2D eigenvalue weighted by atomic mass is 9.89. The van der Waals surface area contributed by atoms with Crippen LogP contribution < -0.4 is 15.4 Å². The van der Waals surface area contributed by atoms with Crippen molar-refractivity contribution in [1.82, 2.24) is 10.6 Å². The predicted molar refractivity (Wildman–Crippen MR) is 104 cm³/mol. The number of ether oxygens (including phenoxy) is 2. The van der Waals surface area contributed by atoms with Crippen LogP contribution in [0.1, 0.15) is 50.2 Å². The summed E-state index contributed by atoms with van der Waals surface area (Å²) in [7, 11) is 0. The second-order valence-electron chi connectivity index (χ2n) is 7.71. The third-order valence-corrected chi connectivity index (χ3v) is 5.46. The molecular weight excluding hydrogens is 441 g/mol. The van der Waals surface area contributed by atoms with Crippen molar-refractivity contribution in [3.05, 3.63) is 28.8 Å². The summed E-state index contributed by atoms with van der Waals surface area (Å²) in [5.74, 6) is -0.177. The molecular formula is C20H24ClF3N2O5. The van der Waals surface area contributed by atoms with Gasteiger partial charge in [0.2, 0.25) is 5.91 Å². The first-order valence-corrected chi connectivity index (χ1v) is 10.4. The number of aliphatic hydroxyl groups is 1. The van der Waals surface area contributed by atoms with Crippen molar-refractivity contribution in [2.24, 2.45) is 0 Å². The van der Waals surface area contributed by atoms with Gasteiger partial charge in [-0.05, 0) is 43.9 Å². The van der Waals surface area contributed by atoms with Crippen molar-refractivity contribution in [2.45, 2.75) is 69.2 Å². The first-order valence-electron chi connectivity index (χ1n) is 10.1.